The third kappa shape index (κ3) is 1.94. The molecule has 0 aliphatic carbocycles. The Morgan fingerprint density at radius 1 is 1.31 bits per heavy atom. The maximum Gasteiger partial charge on any atom is 0.0535 e. The molecule has 1 heterocycles. The van der Waals surface area contributed by atoms with Gasteiger partial charge in [-0.05, 0) is 50.4 Å². The average molecular weight is 237 g/mol. The molecule has 2 rings (SSSR count). The fourth-order valence-electron chi connectivity index (χ4n) is 2.50. The Kier molecular flexibility index (Phi) is 3.45. The van der Waals surface area contributed by atoms with Crippen LogP contribution in [0.3, 0.4) is 0 Å². The molecule has 2 unspecified atom stereocenters. The molecular weight excluding hydrogens is 218 g/mol. The Hall–Kier alpha value is -0.670. The number of fused-ring (bicyclic) bond motifs is 1. The largest absolute Gasteiger partial charge is 0.313 e. The molecule has 3 heteroatoms. The molecule has 0 aromatic heterocycles. The second-order valence-corrected chi connectivity index (χ2v) is 5.98. The van der Waals surface area contributed by atoms with E-state index in [1.807, 2.05) is 7.05 Å². The van der Waals surface area contributed by atoms with E-state index in [1.165, 1.54) is 16.7 Å². The van der Waals surface area contributed by atoms with Crippen LogP contribution >= 0.6 is 0 Å². The van der Waals surface area contributed by atoms with Crippen molar-refractivity contribution in [3.63, 3.8) is 0 Å². The summed E-state index contributed by atoms with van der Waals surface area (Å²) in [4.78, 5) is 1.08. The minimum atomic E-state index is -0.817. The number of hydrogen-bond acceptors (Lipinski definition) is 2. The van der Waals surface area contributed by atoms with Crippen molar-refractivity contribution in [2.24, 2.45) is 0 Å². The zero-order valence-electron chi connectivity index (χ0n) is 10.2. The molecule has 1 N–H and O–H groups in total. The molecule has 2 nitrogen and oxygen atoms in total. The minimum absolute atomic E-state index is 0.362. The van der Waals surface area contributed by atoms with Gasteiger partial charge in [0.05, 0.1) is 10.8 Å². The topological polar surface area (TPSA) is 29.1 Å². The number of aryl methyl sites for hydroxylation is 2. The highest BCUT2D eigenvalue weighted by Gasteiger charge is 2.24. The van der Waals surface area contributed by atoms with E-state index in [9.17, 15) is 4.21 Å². The molecule has 0 amide bonds. The lowest BCUT2D eigenvalue weighted by molar-refractivity contribution is 0.538. The predicted molar refractivity (Wildman–Crippen MR) is 68.2 cm³/mol. The highest BCUT2D eigenvalue weighted by molar-refractivity contribution is 7.85. The second kappa shape index (κ2) is 4.68. The van der Waals surface area contributed by atoms with E-state index in [0.717, 1.165) is 23.5 Å². The van der Waals surface area contributed by atoms with Crippen LogP contribution in [0.2, 0.25) is 0 Å². The summed E-state index contributed by atoms with van der Waals surface area (Å²) in [5.41, 5.74) is 3.70. The van der Waals surface area contributed by atoms with Gasteiger partial charge in [-0.15, -0.1) is 0 Å². The Morgan fingerprint density at radius 2 is 2.00 bits per heavy atom. The maximum absolute atomic E-state index is 12.2. The summed E-state index contributed by atoms with van der Waals surface area (Å²) in [6.45, 7) is 4.18. The average Bonchev–Trinajstić information content (AvgIpc) is 2.43. The van der Waals surface area contributed by atoms with Crippen molar-refractivity contribution in [2.75, 3.05) is 12.8 Å². The molecule has 1 aromatic rings. The van der Waals surface area contributed by atoms with E-state index >= 15 is 0 Å². The van der Waals surface area contributed by atoms with Gasteiger partial charge in [-0.25, -0.2) is 0 Å². The van der Waals surface area contributed by atoms with Gasteiger partial charge in [0.1, 0.15) is 0 Å². The number of benzene rings is 1. The molecule has 16 heavy (non-hydrogen) atoms. The van der Waals surface area contributed by atoms with Crippen LogP contribution in [-0.2, 0) is 10.8 Å². The third-order valence-corrected chi connectivity index (χ3v) is 5.01. The first-order valence-electron chi connectivity index (χ1n) is 5.81. The lowest BCUT2D eigenvalue weighted by Gasteiger charge is -2.20. The maximum atomic E-state index is 12.2. The molecule has 0 saturated heterocycles. The minimum Gasteiger partial charge on any atom is -0.313 e. The van der Waals surface area contributed by atoms with E-state index in [4.69, 9.17) is 0 Å². The molecule has 0 saturated carbocycles. The van der Waals surface area contributed by atoms with Crippen molar-refractivity contribution in [3.05, 3.63) is 28.8 Å². The lowest BCUT2D eigenvalue weighted by atomic mass is 9.96. The van der Waals surface area contributed by atoms with Crippen molar-refractivity contribution in [1.29, 1.82) is 0 Å². The SMILES string of the molecule is CNC1CCCS(=O)c2c(C)ccc(C)c21. The summed E-state index contributed by atoms with van der Waals surface area (Å²) in [5.74, 6) is 0.801. The van der Waals surface area contributed by atoms with E-state index in [-0.39, 0.29) is 0 Å². The van der Waals surface area contributed by atoms with Gasteiger partial charge < -0.3 is 5.32 Å². The van der Waals surface area contributed by atoms with Gasteiger partial charge in [-0.3, -0.25) is 4.21 Å². The molecule has 88 valence electrons. The highest BCUT2D eigenvalue weighted by Crippen LogP contribution is 2.33. The predicted octanol–water partition coefficient (Wildman–Crippen LogP) is 2.47. The first-order chi connectivity index (χ1) is 7.65. The van der Waals surface area contributed by atoms with Crippen molar-refractivity contribution in [3.8, 4) is 0 Å². The van der Waals surface area contributed by atoms with Crippen molar-refractivity contribution < 1.29 is 4.21 Å². The normalized spacial score (nSPS) is 24.9. The van der Waals surface area contributed by atoms with Crippen LogP contribution in [0.5, 0.6) is 0 Å². The van der Waals surface area contributed by atoms with Crippen LogP contribution < -0.4 is 5.32 Å². The van der Waals surface area contributed by atoms with Crippen LogP contribution in [0.4, 0.5) is 0 Å². The summed E-state index contributed by atoms with van der Waals surface area (Å²) in [7, 11) is 1.17. The standard InChI is InChI=1S/C13H19NOS/c1-9-6-7-10(2)13-12(9)11(14-3)5-4-8-16(13)15/h6-7,11,14H,4-5,8H2,1-3H3. The smallest absolute Gasteiger partial charge is 0.0535 e. The zero-order chi connectivity index (χ0) is 11.7. The van der Waals surface area contributed by atoms with E-state index in [0.29, 0.717) is 6.04 Å². The first-order valence-corrected chi connectivity index (χ1v) is 7.12. The fourth-order valence-corrected chi connectivity index (χ4v) is 4.10. The summed E-state index contributed by atoms with van der Waals surface area (Å²) < 4.78 is 12.2. The highest BCUT2D eigenvalue weighted by atomic mass is 32.2. The second-order valence-electron chi connectivity index (χ2n) is 4.48. The number of rotatable bonds is 1. The molecule has 2 atom stereocenters. The van der Waals surface area contributed by atoms with Crippen LogP contribution in [0.25, 0.3) is 0 Å². The zero-order valence-corrected chi connectivity index (χ0v) is 11.0. The summed E-state index contributed by atoms with van der Waals surface area (Å²) in [6.07, 6.45) is 2.12. The van der Waals surface area contributed by atoms with Crippen LogP contribution in [0.15, 0.2) is 17.0 Å². The van der Waals surface area contributed by atoms with Gasteiger partial charge in [0.25, 0.3) is 0 Å². The van der Waals surface area contributed by atoms with Crippen LogP contribution in [-0.4, -0.2) is 17.0 Å². The quantitative estimate of drug-likeness (QED) is 0.813. The molecule has 0 radical (unpaired) electrons. The monoisotopic (exact) mass is 237 g/mol. The summed E-state index contributed by atoms with van der Waals surface area (Å²) in [6, 6.07) is 4.59. The number of hydrogen-bond donors (Lipinski definition) is 1. The molecule has 0 spiro atoms. The molecule has 1 aliphatic rings. The van der Waals surface area contributed by atoms with Gasteiger partial charge in [0, 0.05) is 16.7 Å². The fraction of sp³-hybridized carbons (Fsp3) is 0.538. The van der Waals surface area contributed by atoms with Crippen molar-refractivity contribution in [1.82, 2.24) is 5.32 Å². The van der Waals surface area contributed by atoms with Gasteiger partial charge in [0.2, 0.25) is 0 Å². The molecule has 1 aromatic carbocycles. The van der Waals surface area contributed by atoms with Gasteiger partial charge >= 0.3 is 0 Å². The molecule has 0 fully saturated rings. The molecular formula is C13H19NOS. The van der Waals surface area contributed by atoms with E-state index < -0.39 is 10.8 Å². The Morgan fingerprint density at radius 3 is 2.69 bits per heavy atom. The Bertz CT molecular complexity index is 428. The van der Waals surface area contributed by atoms with Gasteiger partial charge in [-0.1, -0.05) is 12.1 Å². The Balaban J connectivity index is 2.65. The van der Waals surface area contributed by atoms with Crippen molar-refractivity contribution in [2.45, 2.75) is 37.6 Å². The Labute approximate surface area is 99.9 Å². The number of nitrogens with one attached hydrogen (secondary N) is 1. The molecule has 0 bridgehead atoms. The van der Waals surface area contributed by atoms with Crippen molar-refractivity contribution >= 4 is 10.8 Å². The molecule has 1 aliphatic heterocycles. The summed E-state index contributed by atoms with van der Waals surface area (Å²) in [5, 5.41) is 3.35. The van der Waals surface area contributed by atoms with E-state index in [2.05, 4.69) is 31.3 Å². The van der Waals surface area contributed by atoms with Crippen LogP contribution in [0, 0.1) is 13.8 Å². The summed E-state index contributed by atoms with van der Waals surface area (Å²) >= 11 is 0. The third-order valence-electron chi connectivity index (χ3n) is 3.36. The first kappa shape index (κ1) is 11.8. The lowest BCUT2D eigenvalue weighted by Crippen LogP contribution is -2.18. The van der Waals surface area contributed by atoms with E-state index in [1.54, 1.807) is 0 Å². The van der Waals surface area contributed by atoms with Gasteiger partial charge in [0.15, 0.2) is 0 Å². The van der Waals surface area contributed by atoms with Crippen LogP contribution in [0.1, 0.15) is 35.6 Å². The van der Waals surface area contributed by atoms with Gasteiger partial charge in [-0.2, -0.15) is 0 Å².